The number of nitrogens with two attached hydrogens (primary N) is 1. The SMILES string of the molecule is COc1c(F)cc(-c2c(C)ccnc2N)cc1NS(=O)c1cnn(C)c1. The van der Waals surface area contributed by atoms with E-state index in [2.05, 4.69) is 14.8 Å². The van der Waals surface area contributed by atoms with Gasteiger partial charge < -0.3 is 10.5 Å². The van der Waals surface area contributed by atoms with Gasteiger partial charge >= 0.3 is 0 Å². The highest BCUT2D eigenvalue weighted by atomic mass is 32.2. The monoisotopic (exact) mass is 375 g/mol. The summed E-state index contributed by atoms with van der Waals surface area (Å²) in [5, 5.41) is 3.98. The Morgan fingerprint density at radius 1 is 1.38 bits per heavy atom. The average molecular weight is 375 g/mol. The first-order valence-electron chi connectivity index (χ1n) is 7.66. The highest BCUT2D eigenvalue weighted by molar-refractivity contribution is 7.86. The molecule has 0 bridgehead atoms. The van der Waals surface area contributed by atoms with Crippen LogP contribution >= 0.6 is 0 Å². The van der Waals surface area contributed by atoms with Gasteiger partial charge in [-0.2, -0.15) is 5.10 Å². The molecule has 26 heavy (non-hydrogen) atoms. The average Bonchev–Trinajstić information content (AvgIpc) is 3.01. The van der Waals surface area contributed by atoms with E-state index >= 15 is 0 Å². The topological polar surface area (TPSA) is 95.1 Å². The number of hydrogen-bond acceptors (Lipinski definition) is 5. The number of nitrogens with one attached hydrogen (secondary N) is 1. The van der Waals surface area contributed by atoms with Crippen LogP contribution in [0.5, 0.6) is 5.75 Å². The number of ether oxygens (including phenoxy) is 1. The highest BCUT2D eigenvalue weighted by Crippen LogP contribution is 2.37. The van der Waals surface area contributed by atoms with Crippen LogP contribution in [0.3, 0.4) is 0 Å². The minimum absolute atomic E-state index is 0.0360. The molecule has 0 radical (unpaired) electrons. The smallest absolute Gasteiger partial charge is 0.178 e. The Hall–Kier alpha value is -2.94. The third kappa shape index (κ3) is 3.38. The van der Waals surface area contributed by atoms with Crippen molar-refractivity contribution in [3.63, 3.8) is 0 Å². The number of nitrogens with zero attached hydrogens (tertiary/aromatic N) is 3. The van der Waals surface area contributed by atoms with Gasteiger partial charge in [-0.25, -0.2) is 13.6 Å². The summed E-state index contributed by atoms with van der Waals surface area (Å²) >= 11 is 0. The Morgan fingerprint density at radius 3 is 2.77 bits per heavy atom. The molecule has 0 aliphatic heterocycles. The second-order valence-electron chi connectivity index (χ2n) is 5.65. The maximum absolute atomic E-state index is 14.6. The van der Waals surface area contributed by atoms with Gasteiger partial charge in [-0.15, -0.1) is 0 Å². The first kappa shape index (κ1) is 17.9. The van der Waals surface area contributed by atoms with Crippen molar-refractivity contribution in [2.75, 3.05) is 17.6 Å². The van der Waals surface area contributed by atoms with Crippen LogP contribution in [0.4, 0.5) is 15.9 Å². The number of aryl methyl sites for hydroxylation is 2. The summed E-state index contributed by atoms with van der Waals surface area (Å²) in [7, 11) is 1.43. The molecule has 0 aliphatic rings. The lowest BCUT2D eigenvalue weighted by Gasteiger charge is -2.15. The molecule has 3 rings (SSSR count). The van der Waals surface area contributed by atoms with Crippen LogP contribution in [0.15, 0.2) is 41.7 Å². The van der Waals surface area contributed by atoms with E-state index in [-0.39, 0.29) is 17.3 Å². The number of aromatic nitrogens is 3. The van der Waals surface area contributed by atoms with Gasteiger partial charge in [0.15, 0.2) is 22.6 Å². The van der Waals surface area contributed by atoms with Gasteiger partial charge in [0.1, 0.15) is 5.82 Å². The molecule has 9 heteroatoms. The molecule has 2 aromatic heterocycles. The summed E-state index contributed by atoms with van der Waals surface area (Å²) in [5.41, 5.74) is 8.18. The number of pyridine rings is 1. The third-order valence-corrected chi connectivity index (χ3v) is 4.87. The van der Waals surface area contributed by atoms with E-state index in [1.165, 1.54) is 24.1 Å². The quantitative estimate of drug-likeness (QED) is 0.715. The number of methoxy groups -OCH3 is 1. The zero-order valence-electron chi connectivity index (χ0n) is 14.5. The molecule has 0 fully saturated rings. The molecule has 0 spiro atoms. The Balaban J connectivity index is 2.07. The lowest BCUT2D eigenvalue weighted by Crippen LogP contribution is -2.07. The first-order chi connectivity index (χ1) is 12.4. The fraction of sp³-hybridized carbons (Fsp3) is 0.176. The van der Waals surface area contributed by atoms with Crippen LogP contribution in [0.2, 0.25) is 0 Å². The predicted octanol–water partition coefficient (Wildman–Crippen LogP) is 2.66. The van der Waals surface area contributed by atoms with Crippen LogP contribution in [-0.2, 0) is 18.0 Å². The predicted molar refractivity (Wildman–Crippen MR) is 98.6 cm³/mol. The third-order valence-electron chi connectivity index (χ3n) is 3.82. The van der Waals surface area contributed by atoms with E-state index in [1.807, 2.05) is 6.92 Å². The summed E-state index contributed by atoms with van der Waals surface area (Å²) in [4.78, 5) is 4.52. The van der Waals surface area contributed by atoms with Crippen LogP contribution in [0.25, 0.3) is 11.1 Å². The summed E-state index contributed by atoms with van der Waals surface area (Å²) < 4.78 is 36.5. The molecule has 0 saturated carbocycles. The zero-order valence-corrected chi connectivity index (χ0v) is 15.3. The minimum atomic E-state index is -1.64. The van der Waals surface area contributed by atoms with Crippen molar-refractivity contribution in [1.29, 1.82) is 0 Å². The number of rotatable bonds is 5. The van der Waals surface area contributed by atoms with Crippen LogP contribution < -0.4 is 15.2 Å². The highest BCUT2D eigenvalue weighted by Gasteiger charge is 2.18. The lowest BCUT2D eigenvalue weighted by atomic mass is 10.0. The molecule has 3 aromatic rings. The van der Waals surface area contributed by atoms with Gasteiger partial charge in [-0.3, -0.25) is 9.40 Å². The Morgan fingerprint density at radius 2 is 2.15 bits per heavy atom. The van der Waals surface area contributed by atoms with E-state index < -0.39 is 16.8 Å². The van der Waals surface area contributed by atoms with Gasteiger partial charge in [0, 0.05) is 25.0 Å². The van der Waals surface area contributed by atoms with E-state index in [0.29, 0.717) is 16.0 Å². The Bertz CT molecular complexity index is 969. The summed E-state index contributed by atoms with van der Waals surface area (Å²) in [5.74, 6) is -0.349. The second kappa shape index (κ2) is 7.12. The van der Waals surface area contributed by atoms with Crippen molar-refractivity contribution in [2.45, 2.75) is 11.8 Å². The lowest BCUT2D eigenvalue weighted by molar-refractivity contribution is 0.389. The molecule has 2 heterocycles. The van der Waals surface area contributed by atoms with Gasteiger partial charge in [0.2, 0.25) is 0 Å². The van der Waals surface area contributed by atoms with Crippen molar-refractivity contribution in [3.05, 3.63) is 48.2 Å². The molecule has 0 saturated heterocycles. The molecule has 1 unspecified atom stereocenters. The fourth-order valence-corrected chi connectivity index (χ4v) is 3.49. The second-order valence-corrected chi connectivity index (χ2v) is 6.86. The fourth-order valence-electron chi connectivity index (χ4n) is 2.63. The normalized spacial score (nSPS) is 12.0. The number of nitrogen functional groups attached to an aromatic ring is 1. The van der Waals surface area contributed by atoms with Crippen molar-refractivity contribution in [2.24, 2.45) is 7.05 Å². The van der Waals surface area contributed by atoms with E-state index in [9.17, 15) is 8.60 Å². The van der Waals surface area contributed by atoms with Crippen molar-refractivity contribution in [1.82, 2.24) is 14.8 Å². The van der Waals surface area contributed by atoms with Gasteiger partial charge in [-0.1, -0.05) is 0 Å². The molecule has 3 N–H and O–H groups in total. The molecule has 0 aliphatic carbocycles. The van der Waals surface area contributed by atoms with Crippen LogP contribution in [-0.4, -0.2) is 26.1 Å². The Labute approximate surface area is 152 Å². The Kier molecular flexibility index (Phi) is 4.90. The summed E-state index contributed by atoms with van der Waals surface area (Å²) in [6.45, 7) is 1.86. The van der Waals surface area contributed by atoms with Crippen molar-refractivity contribution >= 4 is 22.5 Å². The molecule has 136 valence electrons. The van der Waals surface area contributed by atoms with Gasteiger partial charge in [0.05, 0.1) is 23.9 Å². The van der Waals surface area contributed by atoms with Gasteiger partial charge in [-0.05, 0) is 36.2 Å². The van der Waals surface area contributed by atoms with Crippen LogP contribution in [0, 0.1) is 12.7 Å². The molecule has 1 atom stereocenters. The molecule has 7 nitrogen and oxygen atoms in total. The zero-order chi connectivity index (χ0) is 18.8. The minimum Gasteiger partial charge on any atom is -0.492 e. The number of hydrogen-bond donors (Lipinski definition) is 2. The van der Waals surface area contributed by atoms with Crippen LogP contribution in [0.1, 0.15) is 5.56 Å². The van der Waals surface area contributed by atoms with Gasteiger partial charge in [0.25, 0.3) is 0 Å². The molecule has 0 amide bonds. The maximum Gasteiger partial charge on any atom is 0.178 e. The van der Waals surface area contributed by atoms with Crippen molar-refractivity contribution in [3.8, 4) is 16.9 Å². The van der Waals surface area contributed by atoms with E-state index in [1.54, 1.807) is 31.6 Å². The largest absolute Gasteiger partial charge is 0.492 e. The number of halogens is 1. The number of benzene rings is 1. The summed E-state index contributed by atoms with van der Waals surface area (Å²) in [6.07, 6.45) is 4.67. The van der Waals surface area contributed by atoms with E-state index in [4.69, 9.17) is 10.5 Å². The number of anilines is 2. The maximum atomic E-state index is 14.6. The molecular weight excluding hydrogens is 357 g/mol. The molecular formula is C17H18FN5O2S. The molecule has 1 aromatic carbocycles. The first-order valence-corrected chi connectivity index (χ1v) is 8.81. The van der Waals surface area contributed by atoms with Crippen molar-refractivity contribution < 1.29 is 13.3 Å². The van der Waals surface area contributed by atoms with E-state index in [0.717, 1.165) is 5.56 Å². The summed E-state index contributed by atoms with van der Waals surface area (Å²) in [6, 6.07) is 4.74. The standard InChI is InChI=1S/C17H18FN5O2S/c1-10-4-5-20-17(19)15(10)11-6-13(18)16(25-3)14(7-11)22-26(24)12-8-21-23(2)9-12/h4-9,22H,1-3H3,(H2,19,20).